The molecule has 1 aliphatic rings. The fourth-order valence-electron chi connectivity index (χ4n) is 2.36. The van der Waals surface area contributed by atoms with Crippen LogP contribution in [0.1, 0.15) is 29.5 Å². The van der Waals surface area contributed by atoms with Crippen molar-refractivity contribution in [1.82, 2.24) is 5.32 Å². The minimum atomic E-state index is 0.703. The fourth-order valence-corrected chi connectivity index (χ4v) is 2.36. The molecule has 1 aliphatic heterocycles. The maximum atomic E-state index is 5.86. The third-order valence-electron chi connectivity index (χ3n) is 3.51. The lowest BCUT2D eigenvalue weighted by Gasteiger charge is -2.22. The van der Waals surface area contributed by atoms with Crippen LogP contribution in [0.25, 0.3) is 0 Å². The smallest absolute Gasteiger partial charge is 0.0719 e. The summed E-state index contributed by atoms with van der Waals surface area (Å²) in [4.78, 5) is 0. The van der Waals surface area contributed by atoms with Crippen LogP contribution in [0.4, 0.5) is 0 Å². The van der Waals surface area contributed by atoms with E-state index in [4.69, 9.17) is 4.74 Å². The molecule has 1 N–H and O–H groups in total. The summed E-state index contributed by atoms with van der Waals surface area (Å²) in [6.45, 7) is 8.22. The fraction of sp³-hybridized carbons (Fsp3) is 0.600. The van der Waals surface area contributed by atoms with Gasteiger partial charge in [0.25, 0.3) is 0 Å². The van der Waals surface area contributed by atoms with E-state index in [0.29, 0.717) is 5.92 Å². The summed E-state index contributed by atoms with van der Waals surface area (Å²) in [7, 11) is 0. The molecule has 1 atom stereocenters. The largest absolute Gasteiger partial charge is 0.376 e. The van der Waals surface area contributed by atoms with Crippen LogP contribution < -0.4 is 5.32 Å². The van der Waals surface area contributed by atoms with Gasteiger partial charge in [-0.15, -0.1) is 0 Å². The van der Waals surface area contributed by atoms with Crippen LogP contribution in [0.2, 0.25) is 0 Å². The van der Waals surface area contributed by atoms with E-state index < -0.39 is 0 Å². The van der Waals surface area contributed by atoms with Crippen molar-refractivity contribution in [3.63, 3.8) is 0 Å². The van der Waals surface area contributed by atoms with E-state index in [0.717, 1.165) is 19.8 Å². The zero-order valence-corrected chi connectivity index (χ0v) is 11.0. The van der Waals surface area contributed by atoms with Crippen molar-refractivity contribution in [2.75, 3.05) is 19.7 Å². The second kappa shape index (κ2) is 6.18. The summed E-state index contributed by atoms with van der Waals surface area (Å²) in [5.74, 6) is 0.703. The standard InChI is InChI=1S/C15H23NO/c1-12-5-6-13(2)15(8-12)11-17-10-14-4-3-7-16-9-14/h5-6,8,14,16H,3-4,7,9-11H2,1-2H3. The van der Waals surface area contributed by atoms with Gasteiger partial charge in [-0.2, -0.15) is 0 Å². The van der Waals surface area contributed by atoms with Crippen LogP contribution in [-0.2, 0) is 11.3 Å². The normalized spacial score (nSPS) is 20.5. The minimum Gasteiger partial charge on any atom is -0.376 e. The van der Waals surface area contributed by atoms with Gasteiger partial charge in [-0.1, -0.05) is 23.8 Å². The Morgan fingerprint density at radius 2 is 2.24 bits per heavy atom. The summed E-state index contributed by atoms with van der Waals surface area (Å²) in [6.07, 6.45) is 2.59. The predicted molar refractivity (Wildman–Crippen MR) is 71.2 cm³/mol. The first-order chi connectivity index (χ1) is 8.25. The van der Waals surface area contributed by atoms with Crippen LogP contribution in [-0.4, -0.2) is 19.7 Å². The maximum Gasteiger partial charge on any atom is 0.0719 e. The van der Waals surface area contributed by atoms with E-state index in [1.165, 1.54) is 36.1 Å². The molecule has 94 valence electrons. The Balaban J connectivity index is 1.79. The SMILES string of the molecule is Cc1ccc(C)c(COCC2CCCNC2)c1. The van der Waals surface area contributed by atoms with Crippen LogP contribution in [0, 0.1) is 19.8 Å². The van der Waals surface area contributed by atoms with Crippen LogP contribution >= 0.6 is 0 Å². The number of hydrogen-bond acceptors (Lipinski definition) is 2. The monoisotopic (exact) mass is 233 g/mol. The van der Waals surface area contributed by atoms with Crippen molar-refractivity contribution in [3.8, 4) is 0 Å². The molecule has 1 heterocycles. The Kier molecular flexibility index (Phi) is 4.57. The van der Waals surface area contributed by atoms with Crippen LogP contribution in [0.5, 0.6) is 0 Å². The molecule has 2 rings (SSSR count). The highest BCUT2D eigenvalue weighted by Gasteiger charge is 2.12. The molecule has 1 unspecified atom stereocenters. The topological polar surface area (TPSA) is 21.3 Å². The molecule has 1 fully saturated rings. The number of piperidine rings is 1. The lowest BCUT2D eigenvalue weighted by Crippen LogP contribution is -2.32. The average molecular weight is 233 g/mol. The zero-order chi connectivity index (χ0) is 12.1. The number of nitrogens with one attached hydrogen (secondary N) is 1. The summed E-state index contributed by atoms with van der Waals surface area (Å²) in [6, 6.07) is 6.56. The van der Waals surface area contributed by atoms with Crippen LogP contribution in [0.3, 0.4) is 0 Å². The Hall–Kier alpha value is -0.860. The second-order valence-electron chi connectivity index (χ2n) is 5.16. The molecule has 1 aromatic carbocycles. The summed E-state index contributed by atoms with van der Waals surface area (Å²) in [5, 5.41) is 3.42. The Labute approximate surface area is 104 Å². The number of benzene rings is 1. The number of aryl methyl sites for hydroxylation is 2. The third-order valence-corrected chi connectivity index (χ3v) is 3.51. The van der Waals surface area contributed by atoms with Crippen molar-refractivity contribution in [1.29, 1.82) is 0 Å². The van der Waals surface area contributed by atoms with Gasteiger partial charge in [0.15, 0.2) is 0 Å². The van der Waals surface area contributed by atoms with Gasteiger partial charge in [-0.3, -0.25) is 0 Å². The van der Waals surface area contributed by atoms with Crippen molar-refractivity contribution in [2.45, 2.75) is 33.3 Å². The van der Waals surface area contributed by atoms with Gasteiger partial charge in [0.1, 0.15) is 0 Å². The Bertz CT molecular complexity index is 356. The predicted octanol–water partition coefficient (Wildman–Crippen LogP) is 2.82. The molecule has 1 saturated heterocycles. The van der Waals surface area contributed by atoms with E-state index in [1.807, 2.05) is 0 Å². The van der Waals surface area contributed by atoms with Crippen molar-refractivity contribution < 1.29 is 4.74 Å². The van der Waals surface area contributed by atoms with Gasteiger partial charge in [-0.25, -0.2) is 0 Å². The highest BCUT2D eigenvalue weighted by Crippen LogP contribution is 2.14. The first-order valence-corrected chi connectivity index (χ1v) is 6.60. The van der Waals surface area contributed by atoms with E-state index in [9.17, 15) is 0 Å². The van der Waals surface area contributed by atoms with Gasteiger partial charge in [-0.05, 0) is 50.3 Å². The first kappa shape index (κ1) is 12.6. The number of hydrogen-bond donors (Lipinski definition) is 1. The minimum absolute atomic E-state index is 0.703. The Morgan fingerprint density at radius 3 is 3.00 bits per heavy atom. The molecule has 2 nitrogen and oxygen atoms in total. The van der Waals surface area contributed by atoms with Gasteiger partial charge < -0.3 is 10.1 Å². The van der Waals surface area contributed by atoms with E-state index in [2.05, 4.69) is 37.4 Å². The Morgan fingerprint density at radius 1 is 1.35 bits per heavy atom. The summed E-state index contributed by atoms with van der Waals surface area (Å²) in [5.41, 5.74) is 3.97. The quantitative estimate of drug-likeness (QED) is 0.863. The molecule has 0 spiro atoms. The molecule has 2 heteroatoms. The number of ether oxygens (including phenoxy) is 1. The van der Waals surface area contributed by atoms with Crippen molar-refractivity contribution >= 4 is 0 Å². The van der Waals surface area contributed by atoms with E-state index in [-0.39, 0.29) is 0 Å². The van der Waals surface area contributed by atoms with Crippen molar-refractivity contribution in [2.24, 2.45) is 5.92 Å². The molecular weight excluding hydrogens is 210 g/mol. The highest BCUT2D eigenvalue weighted by molar-refractivity contribution is 5.29. The van der Waals surface area contributed by atoms with Gasteiger partial charge in [0.05, 0.1) is 13.2 Å². The molecule has 17 heavy (non-hydrogen) atoms. The van der Waals surface area contributed by atoms with Crippen LogP contribution in [0.15, 0.2) is 18.2 Å². The lowest BCUT2D eigenvalue weighted by molar-refractivity contribution is 0.0780. The molecule has 0 saturated carbocycles. The van der Waals surface area contributed by atoms with E-state index in [1.54, 1.807) is 0 Å². The first-order valence-electron chi connectivity index (χ1n) is 6.60. The van der Waals surface area contributed by atoms with Crippen molar-refractivity contribution in [3.05, 3.63) is 34.9 Å². The number of rotatable bonds is 4. The molecule has 0 bridgehead atoms. The second-order valence-corrected chi connectivity index (χ2v) is 5.16. The molecule has 0 radical (unpaired) electrons. The molecule has 0 aromatic heterocycles. The molecule has 0 amide bonds. The molecule has 0 aliphatic carbocycles. The van der Waals surface area contributed by atoms with Gasteiger partial charge >= 0.3 is 0 Å². The van der Waals surface area contributed by atoms with E-state index >= 15 is 0 Å². The van der Waals surface area contributed by atoms with Gasteiger partial charge in [0.2, 0.25) is 0 Å². The maximum absolute atomic E-state index is 5.86. The van der Waals surface area contributed by atoms with Gasteiger partial charge in [0, 0.05) is 6.54 Å². The summed E-state index contributed by atoms with van der Waals surface area (Å²) < 4.78 is 5.86. The molecular formula is C15H23NO. The molecule has 1 aromatic rings. The lowest BCUT2D eigenvalue weighted by atomic mass is 10.0. The summed E-state index contributed by atoms with van der Waals surface area (Å²) >= 11 is 0. The average Bonchev–Trinajstić information content (AvgIpc) is 2.35. The third kappa shape index (κ3) is 3.83. The highest BCUT2D eigenvalue weighted by atomic mass is 16.5. The zero-order valence-electron chi connectivity index (χ0n) is 11.0.